The number of nitrogens with zero attached hydrogens (tertiary/aromatic N) is 1. The molecule has 6 heteroatoms. The fourth-order valence-electron chi connectivity index (χ4n) is 3.29. The van der Waals surface area contributed by atoms with Crippen molar-refractivity contribution < 1.29 is 13.6 Å². The van der Waals surface area contributed by atoms with Gasteiger partial charge in [-0.2, -0.15) is 0 Å². The zero-order valence-corrected chi connectivity index (χ0v) is 17.4. The summed E-state index contributed by atoms with van der Waals surface area (Å²) >= 11 is 6.02. The number of hydrogen-bond donors (Lipinski definition) is 1. The highest BCUT2D eigenvalue weighted by atomic mass is 35.5. The van der Waals surface area contributed by atoms with Gasteiger partial charge in [-0.15, -0.1) is 0 Å². The van der Waals surface area contributed by atoms with Crippen molar-refractivity contribution in [1.29, 1.82) is 0 Å². The Balaban J connectivity index is 1.42. The minimum absolute atomic E-state index is 0.120. The molecule has 1 amide bonds. The molecule has 4 aromatic rings. The number of benzene rings is 3. The van der Waals surface area contributed by atoms with Crippen LogP contribution in [0.4, 0.5) is 4.39 Å². The first-order chi connectivity index (χ1) is 15.1. The van der Waals surface area contributed by atoms with Crippen LogP contribution in [0.1, 0.15) is 29.5 Å². The molecule has 1 heterocycles. The Morgan fingerprint density at radius 1 is 0.968 bits per heavy atom. The second-order valence-corrected chi connectivity index (χ2v) is 7.52. The van der Waals surface area contributed by atoms with Gasteiger partial charge in [0, 0.05) is 23.4 Å². The summed E-state index contributed by atoms with van der Waals surface area (Å²) in [5, 5.41) is 3.73. The summed E-state index contributed by atoms with van der Waals surface area (Å²) in [6, 6.07) is 22.9. The zero-order chi connectivity index (χ0) is 21.6. The van der Waals surface area contributed by atoms with Gasteiger partial charge in [-0.25, -0.2) is 9.37 Å². The minimum Gasteiger partial charge on any atom is -0.441 e. The average molecular weight is 435 g/mol. The van der Waals surface area contributed by atoms with Crippen LogP contribution in [0.5, 0.6) is 0 Å². The molecule has 0 aliphatic heterocycles. The van der Waals surface area contributed by atoms with Gasteiger partial charge in [0.2, 0.25) is 5.91 Å². The Bertz CT molecular complexity index is 1140. The first-order valence-electron chi connectivity index (χ1n) is 9.89. The standard InChI is InChI=1S/C25H20ClFN2O2/c26-20-10-6-19(7-11-20)25(18-4-2-1-3-5-18)29-23(30)14-15-24-28-16-22(31-24)17-8-12-21(27)13-9-17/h1-13,16,25H,14-15H2,(H,29,30). The van der Waals surface area contributed by atoms with E-state index in [2.05, 4.69) is 10.3 Å². The van der Waals surface area contributed by atoms with Gasteiger partial charge in [0.15, 0.2) is 11.7 Å². The van der Waals surface area contributed by atoms with Gasteiger partial charge >= 0.3 is 0 Å². The molecule has 0 radical (unpaired) electrons. The topological polar surface area (TPSA) is 55.1 Å². The van der Waals surface area contributed by atoms with Gasteiger partial charge in [0.05, 0.1) is 12.2 Å². The molecule has 1 aromatic heterocycles. The van der Waals surface area contributed by atoms with Crippen LogP contribution >= 0.6 is 11.6 Å². The molecule has 0 spiro atoms. The van der Waals surface area contributed by atoms with Crippen molar-refractivity contribution in [3.8, 4) is 11.3 Å². The van der Waals surface area contributed by atoms with Crippen LogP contribution in [-0.2, 0) is 11.2 Å². The predicted molar refractivity (Wildman–Crippen MR) is 118 cm³/mol. The lowest BCUT2D eigenvalue weighted by molar-refractivity contribution is -0.121. The molecule has 3 aromatic carbocycles. The summed E-state index contributed by atoms with van der Waals surface area (Å²) in [5.74, 6) is 0.565. The molecule has 4 rings (SSSR count). The van der Waals surface area contributed by atoms with Gasteiger partial charge < -0.3 is 9.73 Å². The van der Waals surface area contributed by atoms with E-state index in [1.165, 1.54) is 12.1 Å². The number of carbonyl (C=O) groups excluding carboxylic acids is 1. The highest BCUT2D eigenvalue weighted by Gasteiger charge is 2.17. The lowest BCUT2D eigenvalue weighted by atomic mass is 9.98. The molecule has 0 saturated carbocycles. The van der Waals surface area contributed by atoms with E-state index in [0.717, 1.165) is 16.7 Å². The maximum atomic E-state index is 13.1. The molecule has 1 N–H and O–H groups in total. The van der Waals surface area contributed by atoms with Gasteiger partial charge in [0.1, 0.15) is 5.82 Å². The van der Waals surface area contributed by atoms with Gasteiger partial charge in [-0.05, 0) is 47.5 Å². The summed E-state index contributed by atoms with van der Waals surface area (Å²) in [7, 11) is 0. The number of nitrogens with one attached hydrogen (secondary N) is 1. The highest BCUT2D eigenvalue weighted by Crippen LogP contribution is 2.24. The van der Waals surface area contributed by atoms with Gasteiger partial charge in [-0.3, -0.25) is 4.79 Å². The van der Waals surface area contributed by atoms with Crippen LogP contribution in [0.2, 0.25) is 5.02 Å². The van der Waals surface area contributed by atoms with Gasteiger partial charge in [0.25, 0.3) is 0 Å². The molecule has 0 saturated heterocycles. The van der Waals surface area contributed by atoms with E-state index in [1.54, 1.807) is 18.3 Å². The quantitative estimate of drug-likeness (QED) is 0.389. The first-order valence-corrected chi connectivity index (χ1v) is 10.3. The number of hydrogen-bond acceptors (Lipinski definition) is 3. The third-order valence-corrected chi connectivity index (χ3v) is 5.14. The van der Waals surface area contributed by atoms with Crippen molar-refractivity contribution in [2.24, 2.45) is 0 Å². The Labute approximate surface area is 184 Å². The molecule has 31 heavy (non-hydrogen) atoms. The smallest absolute Gasteiger partial charge is 0.221 e. The maximum absolute atomic E-state index is 13.1. The van der Waals surface area contributed by atoms with Crippen LogP contribution < -0.4 is 5.32 Å². The third kappa shape index (κ3) is 5.38. The van der Waals surface area contributed by atoms with Crippen molar-refractivity contribution in [1.82, 2.24) is 10.3 Å². The Kier molecular flexibility index (Phi) is 6.43. The molecular formula is C25H20ClFN2O2. The average Bonchev–Trinajstić information content (AvgIpc) is 3.27. The number of rotatable bonds is 7. The molecule has 0 bridgehead atoms. The molecule has 156 valence electrons. The van der Waals surface area contributed by atoms with E-state index in [0.29, 0.717) is 23.1 Å². The van der Waals surface area contributed by atoms with Crippen LogP contribution in [0.3, 0.4) is 0 Å². The van der Waals surface area contributed by atoms with E-state index in [4.69, 9.17) is 16.0 Å². The second kappa shape index (κ2) is 9.58. The summed E-state index contributed by atoms with van der Waals surface area (Å²) < 4.78 is 18.8. The normalized spacial score (nSPS) is 11.8. The molecular weight excluding hydrogens is 415 g/mol. The Morgan fingerprint density at radius 2 is 1.65 bits per heavy atom. The van der Waals surface area contributed by atoms with Crippen molar-refractivity contribution in [2.75, 3.05) is 0 Å². The van der Waals surface area contributed by atoms with Crippen LogP contribution in [0.15, 0.2) is 89.5 Å². The fourth-order valence-corrected chi connectivity index (χ4v) is 3.41. The van der Waals surface area contributed by atoms with Crippen LogP contribution in [0, 0.1) is 5.82 Å². The van der Waals surface area contributed by atoms with E-state index in [-0.39, 0.29) is 24.2 Å². The number of aromatic nitrogens is 1. The number of carbonyl (C=O) groups is 1. The Morgan fingerprint density at radius 3 is 2.35 bits per heavy atom. The van der Waals surface area contributed by atoms with Crippen LogP contribution in [0.25, 0.3) is 11.3 Å². The van der Waals surface area contributed by atoms with Crippen LogP contribution in [-0.4, -0.2) is 10.9 Å². The second-order valence-electron chi connectivity index (χ2n) is 7.09. The number of oxazole rings is 1. The van der Waals surface area contributed by atoms with E-state index >= 15 is 0 Å². The van der Waals surface area contributed by atoms with Crippen molar-refractivity contribution >= 4 is 17.5 Å². The monoisotopic (exact) mass is 434 g/mol. The lowest BCUT2D eigenvalue weighted by Crippen LogP contribution is -2.29. The largest absolute Gasteiger partial charge is 0.441 e. The van der Waals surface area contributed by atoms with Crippen molar-refractivity contribution in [3.05, 3.63) is 113 Å². The summed E-state index contributed by atoms with van der Waals surface area (Å²) in [6.07, 6.45) is 2.16. The molecule has 0 fully saturated rings. The van der Waals surface area contributed by atoms with E-state index in [9.17, 15) is 9.18 Å². The fraction of sp³-hybridized carbons (Fsp3) is 0.120. The molecule has 4 nitrogen and oxygen atoms in total. The maximum Gasteiger partial charge on any atom is 0.221 e. The van der Waals surface area contributed by atoms with E-state index < -0.39 is 0 Å². The molecule has 1 unspecified atom stereocenters. The van der Waals surface area contributed by atoms with Crippen molar-refractivity contribution in [2.45, 2.75) is 18.9 Å². The third-order valence-electron chi connectivity index (χ3n) is 4.89. The zero-order valence-electron chi connectivity index (χ0n) is 16.6. The number of halogens is 2. The molecule has 1 atom stereocenters. The highest BCUT2D eigenvalue weighted by molar-refractivity contribution is 6.30. The van der Waals surface area contributed by atoms with Gasteiger partial charge in [-0.1, -0.05) is 54.1 Å². The number of aryl methyl sites for hydroxylation is 1. The lowest BCUT2D eigenvalue weighted by Gasteiger charge is -2.20. The van der Waals surface area contributed by atoms with E-state index in [1.807, 2.05) is 54.6 Å². The predicted octanol–water partition coefficient (Wildman–Crippen LogP) is 5.97. The number of amides is 1. The van der Waals surface area contributed by atoms with Crippen molar-refractivity contribution in [3.63, 3.8) is 0 Å². The summed E-state index contributed by atoms with van der Waals surface area (Å²) in [5.41, 5.74) is 2.66. The molecule has 0 aliphatic carbocycles. The minimum atomic E-state index is -0.311. The first kappa shape index (κ1) is 20.8. The summed E-state index contributed by atoms with van der Waals surface area (Å²) in [6.45, 7) is 0. The Hall–Kier alpha value is -3.44. The summed E-state index contributed by atoms with van der Waals surface area (Å²) in [4.78, 5) is 16.9. The molecule has 0 aliphatic rings. The SMILES string of the molecule is O=C(CCc1ncc(-c2ccc(F)cc2)o1)NC(c1ccccc1)c1ccc(Cl)cc1.